The second kappa shape index (κ2) is 6.10. The Morgan fingerprint density at radius 1 is 1.09 bits per heavy atom. The first-order chi connectivity index (χ1) is 11.0. The highest BCUT2D eigenvalue weighted by molar-refractivity contribution is 5.87. The fourth-order valence-corrected chi connectivity index (χ4v) is 2.98. The fraction of sp³-hybridized carbons (Fsp3) is 0.529. The van der Waals surface area contributed by atoms with Gasteiger partial charge in [0.1, 0.15) is 13.2 Å². The Hall–Kier alpha value is -2.24. The number of rotatable bonds is 3. The molecule has 0 radical (unpaired) electrons. The van der Waals surface area contributed by atoms with Gasteiger partial charge in [-0.1, -0.05) is 6.07 Å². The average Bonchev–Trinajstić information content (AvgIpc) is 2.60. The maximum absolute atomic E-state index is 12.9. The summed E-state index contributed by atoms with van der Waals surface area (Å²) in [5.41, 5.74) is 0.253. The van der Waals surface area contributed by atoms with E-state index in [1.807, 2.05) is 36.9 Å². The molecule has 23 heavy (non-hydrogen) atoms. The summed E-state index contributed by atoms with van der Waals surface area (Å²) in [6.07, 6.45) is 0.841. The van der Waals surface area contributed by atoms with Crippen LogP contribution in [0.15, 0.2) is 18.2 Å². The van der Waals surface area contributed by atoms with Gasteiger partial charge in [-0.25, -0.2) is 0 Å². The third kappa shape index (κ3) is 2.98. The van der Waals surface area contributed by atoms with Crippen LogP contribution in [0.4, 0.5) is 0 Å². The second-order valence-corrected chi connectivity index (χ2v) is 6.42. The Bertz CT molecular complexity index is 607. The molecule has 0 N–H and O–H groups in total. The third-order valence-corrected chi connectivity index (χ3v) is 4.55. The number of hydrogen-bond donors (Lipinski definition) is 0. The standard InChI is InChI=1S/C17H22N2O4/c1-17(2,16(21)19-7-5-18(12-20)6-8-19)13-3-4-14-15(11-13)23-10-9-22-14/h3-4,11-12H,5-10H2,1-2H3. The van der Waals surface area contributed by atoms with E-state index < -0.39 is 5.41 Å². The molecule has 2 amide bonds. The minimum atomic E-state index is -0.654. The van der Waals surface area contributed by atoms with Crippen molar-refractivity contribution in [1.82, 2.24) is 9.80 Å². The molecule has 124 valence electrons. The van der Waals surface area contributed by atoms with E-state index in [0.717, 1.165) is 17.7 Å². The van der Waals surface area contributed by atoms with Gasteiger partial charge in [-0.3, -0.25) is 9.59 Å². The lowest BCUT2D eigenvalue weighted by molar-refractivity contribution is -0.139. The average molecular weight is 318 g/mol. The molecule has 1 aromatic carbocycles. The van der Waals surface area contributed by atoms with Crippen molar-refractivity contribution in [2.24, 2.45) is 0 Å². The van der Waals surface area contributed by atoms with Crippen molar-refractivity contribution < 1.29 is 19.1 Å². The van der Waals surface area contributed by atoms with Gasteiger partial charge in [0.05, 0.1) is 5.41 Å². The first-order valence-electron chi connectivity index (χ1n) is 7.91. The Balaban J connectivity index is 1.77. The molecule has 1 saturated heterocycles. The normalized spacial score (nSPS) is 17.8. The Kier molecular flexibility index (Phi) is 4.15. The van der Waals surface area contributed by atoms with E-state index >= 15 is 0 Å². The molecule has 2 aliphatic heterocycles. The van der Waals surface area contributed by atoms with E-state index in [-0.39, 0.29) is 5.91 Å². The Morgan fingerprint density at radius 3 is 2.39 bits per heavy atom. The summed E-state index contributed by atoms with van der Waals surface area (Å²) < 4.78 is 11.2. The van der Waals surface area contributed by atoms with Gasteiger partial charge in [-0.15, -0.1) is 0 Å². The molecule has 6 nitrogen and oxygen atoms in total. The third-order valence-electron chi connectivity index (χ3n) is 4.55. The zero-order valence-electron chi connectivity index (χ0n) is 13.6. The number of hydrogen-bond acceptors (Lipinski definition) is 4. The summed E-state index contributed by atoms with van der Waals surface area (Å²) in [5, 5.41) is 0. The summed E-state index contributed by atoms with van der Waals surface area (Å²) in [4.78, 5) is 27.2. The second-order valence-electron chi connectivity index (χ2n) is 6.42. The van der Waals surface area contributed by atoms with Crippen LogP contribution in [0.2, 0.25) is 0 Å². The molecule has 2 heterocycles. The predicted octanol–water partition coefficient (Wildman–Crippen LogP) is 1.04. The van der Waals surface area contributed by atoms with E-state index in [0.29, 0.717) is 45.1 Å². The number of fused-ring (bicyclic) bond motifs is 1. The molecule has 0 spiro atoms. The van der Waals surface area contributed by atoms with Crippen LogP contribution in [0.25, 0.3) is 0 Å². The summed E-state index contributed by atoms with van der Waals surface area (Å²) in [6, 6.07) is 5.68. The molecule has 2 aliphatic rings. The SMILES string of the molecule is CC(C)(C(=O)N1CCN(C=O)CC1)c1ccc2c(c1)OCCO2. The van der Waals surface area contributed by atoms with E-state index in [1.54, 1.807) is 4.90 Å². The molecular formula is C17H22N2O4. The van der Waals surface area contributed by atoms with Crippen molar-refractivity contribution in [1.29, 1.82) is 0 Å². The number of amides is 2. The van der Waals surface area contributed by atoms with Crippen LogP contribution in [0.3, 0.4) is 0 Å². The molecule has 3 rings (SSSR count). The van der Waals surface area contributed by atoms with Gasteiger partial charge < -0.3 is 19.3 Å². The van der Waals surface area contributed by atoms with Crippen molar-refractivity contribution in [2.45, 2.75) is 19.3 Å². The molecule has 0 bridgehead atoms. The summed E-state index contributed by atoms with van der Waals surface area (Å²) in [6.45, 7) is 7.25. The largest absolute Gasteiger partial charge is 0.486 e. The van der Waals surface area contributed by atoms with Gasteiger partial charge in [0, 0.05) is 26.2 Å². The monoisotopic (exact) mass is 318 g/mol. The van der Waals surface area contributed by atoms with E-state index in [1.165, 1.54) is 0 Å². The van der Waals surface area contributed by atoms with Crippen LogP contribution in [-0.2, 0) is 15.0 Å². The molecule has 0 atom stereocenters. The lowest BCUT2D eigenvalue weighted by atomic mass is 9.82. The van der Waals surface area contributed by atoms with Gasteiger partial charge in [0.2, 0.25) is 12.3 Å². The van der Waals surface area contributed by atoms with Crippen molar-refractivity contribution in [3.8, 4) is 11.5 Å². The van der Waals surface area contributed by atoms with E-state index in [2.05, 4.69) is 0 Å². The molecule has 0 saturated carbocycles. The highest BCUT2D eigenvalue weighted by Gasteiger charge is 2.35. The van der Waals surface area contributed by atoms with Crippen LogP contribution in [0.5, 0.6) is 11.5 Å². The number of benzene rings is 1. The topological polar surface area (TPSA) is 59.1 Å². The van der Waals surface area contributed by atoms with Crippen LogP contribution in [0, 0.1) is 0 Å². The summed E-state index contributed by atoms with van der Waals surface area (Å²) in [7, 11) is 0. The molecule has 0 aliphatic carbocycles. The lowest BCUT2D eigenvalue weighted by Crippen LogP contribution is -2.52. The zero-order chi connectivity index (χ0) is 16.4. The van der Waals surface area contributed by atoms with Crippen molar-refractivity contribution in [2.75, 3.05) is 39.4 Å². The number of nitrogens with zero attached hydrogens (tertiary/aromatic N) is 2. The summed E-state index contributed by atoms with van der Waals surface area (Å²) >= 11 is 0. The molecule has 1 fully saturated rings. The quantitative estimate of drug-likeness (QED) is 0.781. The van der Waals surface area contributed by atoms with Crippen LogP contribution in [0.1, 0.15) is 19.4 Å². The van der Waals surface area contributed by atoms with Crippen LogP contribution >= 0.6 is 0 Å². The highest BCUT2D eigenvalue weighted by Crippen LogP contribution is 2.36. The van der Waals surface area contributed by atoms with Gasteiger partial charge in [0.25, 0.3) is 0 Å². The van der Waals surface area contributed by atoms with Gasteiger partial charge in [-0.05, 0) is 31.5 Å². The Morgan fingerprint density at radius 2 is 1.74 bits per heavy atom. The van der Waals surface area contributed by atoms with Gasteiger partial charge >= 0.3 is 0 Å². The van der Waals surface area contributed by atoms with Crippen LogP contribution < -0.4 is 9.47 Å². The maximum Gasteiger partial charge on any atom is 0.232 e. The first kappa shape index (κ1) is 15.6. The van der Waals surface area contributed by atoms with Crippen molar-refractivity contribution in [3.63, 3.8) is 0 Å². The lowest BCUT2D eigenvalue weighted by Gasteiger charge is -2.37. The van der Waals surface area contributed by atoms with Crippen molar-refractivity contribution in [3.05, 3.63) is 23.8 Å². The smallest absolute Gasteiger partial charge is 0.232 e. The van der Waals surface area contributed by atoms with E-state index in [9.17, 15) is 9.59 Å². The minimum Gasteiger partial charge on any atom is -0.486 e. The van der Waals surface area contributed by atoms with Crippen LogP contribution in [-0.4, -0.2) is 61.5 Å². The number of carbonyl (C=O) groups is 2. The first-order valence-corrected chi connectivity index (χ1v) is 7.91. The van der Waals surface area contributed by atoms with Gasteiger partial charge in [0.15, 0.2) is 11.5 Å². The molecule has 0 aromatic heterocycles. The highest BCUT2D eigenvalue weighted by atomic mass is 16.6. The van der Waals surface area contributed by atoms with Crippen molar-refractivity contribution >= 4 is 12.3 Å². The number of ether oxygens (including phenoxy) is 2. The Labute approximate surface area is 136 Å². The van der Waals surface area contributed by atoms with Gasteiger partial charge in [-0.2, -0.15) is 0 Å². The molecular weight excluding hydrogens is 296 g/mol. The number of piperazine rings is 1. The zero-order valence-corrected chi connectivity index (χ0v) is 13.6. The maximum atomic E-state index is 12.9. The summed E-state index contributed by atoms with van der Waals surface area (Å²) in [5.74, 6) is 1.49. The number of carbonyl (C=O) groups excluding carboxylic acids is 2. The minimum absolute atomic E-state index is 0.0692. The molecule has 6 heteroatoms. The fourth-order valence-electron chi connectivity index (χ4n) is 2.98. The molecule has 1 aromatic rings. The molecule has 0 unspecified atom stereocenters. The predicted molar refractivity (Wildman–Crippen MR) is 84.7 cm³/mol. The van der Waals surface area contributed by atoms with E-state index in [4.69, 9.17) is 9.47 Å².